The SMILES string of the molecule is CC(C)CCCCNC(=O)c1cc(Cl)nc2ccccc12. The van der Waals surface area contributed by atoms with E-state index in [-0.39, 0.29) is 5.91 Å². The van der Waals surface area contributed by atoms with Crippen LogP contribution in [0.5, 0.6) is 0 Å². The molecule has 1 aromatic heterocycles. The first-order chi connectivity index (χ1) is 10.1. The van der Waals surface area contributed by atoms with Crippen molar-refractivity contribution in [2.75, 3.05) is 6.54 Å². The highest BCUT2D eigenvalue weighted by Crippen LogP contribution is 2.20. The quantitative estimate of drug-likeness (QED) is 0.633. The molecule has 1 amide bonds. The van der Waals surface area contributed by atoms with Crippen molar-refractivity contribution in [3.05, 3.63) is 41.0 Å². The number of fused-ring (bicyclic) bond motifs is 1. The Morgan fingerprint density at radius 3 is 2.81 bits per heavy atom. The highest BCUT2D eigenvalue weighted by atomic mass is 35.5. The molecule has 1 N–H and O–H groups in total. The molecule has 4 heteroatoms. The Hall–Kier alpha value is -1.61. The lowest BCUT2D eigenvalue weighted by molar-refractivity contribution is 0.0954. The number of hydrogen-bond donors (Lipinski definition) is 1. The van der Waals surface area contributed by atoms with Crippen LogP contribution in [0.25, 0.3) is 10.9 Å². The predicted octanol–water partition coefficient (Wildman–Crippen LogP) is 4.44. The Labute approximate surface area is 130 Å². The molecule has 0 radical (unpaired) electrons. The normalized spacial score (nSPS) is 11.0. The summed E-state index contributed by atoms with van der Waals surface area (Å²) in [5.74, 6) is 0.628. The van der Waals surface area contributed by atoms with E-state index < -0.39 is 0 Å². The van der Waals surface area contributed by atoms with Crippen LogP contribution in [-0.4, -0.2) is 17.4 Å². The summed E-state index contributed by atoms with van der Waals surface area (Å²) in [4.78, 5) is 16.5. The van der Waals surface area contributed by atoms with Gasteiger partial charge < -0.3 is 5.32 Å². The van der Waals surface area contributed by atoms with E-state index in [2.05, 4.69) is 24.1 Å². The zero-order valence-electron chi connectivity index (χ0n) is 12.5. The van der Waals surface area contributed by atoms with Crippen molar-refractivity contribution in [2.45, 2.75) is 33.1 Å². The average Bonchev–Trinajstić information content (AvgIpc) is 2.45. The van der Waals surface area contributed by atoms with Gasteiger partial charge in [0.1, 0.15) is 5.15 Å². The molecule has 0 saturated carbocycles. The molecule has 3 nitrogen and oxygen atoms in total. The van der Waals surface area contributed by atoms with Crippen molar-refractivity contribution in [1.29, 1.82) is 0 Å². The number of amides is 1. The van der Waals surface area contributed by atoms with Crippen molar-refractivity contribution in [3.8, 4) is 0 Å². The van der Waals surface area contributed by atoms with Crippen LogP contribution in [0.4, 0.5) is 0 Å². The van der Waals surface area contributed by atoms with Gasteiger partial charge in [-0.1, -0.05) is 56.5 Å². The summed E-state index contributed by atoms with van der Waals surface area (Å²) in [5, 5.41) is 4.15. The third-order valence-electron chi connectivity index (χ3n) is 3.42. The molecular formula is C17H21ClN2O. The number of rotatable bonds is 6. The molecule has 1 heterocycles. The van der Waals surface area contributed by atoms with E-state index in [9.17, 15) is 4.79 Å². The van der Waals surface area contributed by atoms with Gasteiger partial charge in [-0.3, -0.25) is 4.79 Å². The number of benzene rings is 1. The van der Waals surface area contributed by atoms with Gasteiger partial charge in [-0.2, -0.15) is 0 Å². The van der Waals surface area contributed by atoms with E-state index in [1.165, 1.54) is 6.42 Å². The van der Waals surface area contributed by atoms with Crippen LogP contribution in [0.2, 0.25) is 5.15 Å². The predicted molar refractivity (Wildman–Crippen MR) is 87.8 cm³/mol. The second kappa shape index (κ2) is 7.41. The van der Waals surface area contributed by atoms with E-state index in [0.29, 0.717) is 23.2 Å². The van der Waals surface area contributed by atoms with Gasteiger partial charge in [0.25, 0.3) is 5.91 Å². The van der Waals surface area contributed by atoms with Crippen LogP contribution in [0.15, 0.2) is 30.3 Å². The molecular weight excluding hydrogens is 284 g/mol. The van der Waals surface area contributed by atoms with Gasteiger partial charge in [-0.15, -0.1) is 0 Å². The fourth-order valence-electron chi connectivity index (χ4n) is 2.31. The van der Waals surface area contributed by atoms with Crippen LogP contribution < -0.4 is 5.32 Å². The number of carbonyl (C=O) groups is 1. The summed E-state index contributed by atoms with van der Waals surface area (Å²) in [6.07, 6.45) is 3.33. The molecule has 0 aliphatic rings. The fourth-order valence-corrected chi connectivity index (χ4v) is 2.51. The molecule has 2 aromatic rings. The van der Waals surface area contributed by atoms with Crippen molar-refractivity contribution in [3.63, 3.8) is 0 Å². The molecule has 21 heavy (non-hydrogen) atoms. The van der Waals surface area contributed by atoms with Gasteiger partial charge in [-0.25, -0.2) is 4.98 Å². The fraction of sp³-hybridized carbons (Fsp3) is 0.412. The molecule has 0 atom stereocenters. The Morgan fingerprint density at radius 2 is 2.05 bits per heavy atom. The van der Waals surface area contributed by atoms with E-state index in [4.69, 9.17) is 11.6 Å². The van der Waals surface area contributed by atoms with Crippen LogP contribution in [-0.2, 0) is 0 Å². The Kier molecular flexibility index (Phi) is 5.57. The van der Waals surface area contributed by atoms with Crippen molar-refractivity contribution < 1.29 is 4.79 Å². The minimum Gasteiger partial charge on any atom is -0.352 e. The maximum Gasteiger partial charge on any atom is 0.252 e. The zero-order valence-corrected chi connectivity index (χ0v) is 13.3. The van der Waals surface area contributed by atoms with Crippen LogP contribution in [0.3, 0.4) is 0 Å². The Bertz CT molecular complexity index is 625. The van der Waals surface area contributed by atoms with Gasteiger partial charge in [-0.05, 0) is 24.5 Å². The van der Waals surface area contributed by atoms with Gasteiger partial charge in [0.15, 0.2) is 0 Å². The van der Waals surface area contributed by atoms with Crippen molar-refractivity contribution in [2.24, 2.45) is 5.92 Å². The minimum absolute atomic E-state index is 0.0833. The summed E-state index contributed by atoms with van der Waals surface area (Å²) < 4.78 is 0. The summed E-state index contributed by atoms with van der Waals surface area (Å²) >= 11 is 6.00. The van der Waals surface area contributed by atoms with E-state index in [1.807, 2.05) is 24.3 Å². The van der Waals surface area contributed by atoms with E-state index in [0.717, 1.165) is 23.7 Å². The third kappa shape index (κ3) is 4.43. The Morgan fingerprint density at radius 1 is 1.29 bits per heavy atom. The Balaban J connectivity index is 2.02. The number of pyridine rings is 1. The molecule has 0 spiro atoms. The number of nitrogens with one attached hydrogen (secondary N) is 1. The van der Waals surface area contributed by atoms with Gasteiger partial charge in [0.2, 0.25) is 0 Å². The highest BCUT2D eigenvalue weighted by Gasteiger charge is 2.11. The lowest BCUT2D eigenvalue weighted by Gasteiger charge is -2.09. The third-order valence-corrected chi connectivity index (χ3v) is 3.62. The van der Waals surface area contributed by atoms with Gasteiger partial charge in [0, 0.05) is 11.9 Å². The van der Waals surface area contributed by atoms with Crippen molar-refractivity contribution >= 4 is 28.4 Å². The standard InChI is InChI=1S/C17H21ClN2O/c1-12(2)7-5-6-10-19-17(21)14-11-16(18)20-15-9-4-3-8-13(14)15/h3-4,8-9,11-12H,5-7,10H2,1-2H3,(H,19,21). The molecule has 0 unspecified atom stereocenters. The highest BCUT2D eigenvalue weighted by molar-refractivity contribution is 6.30. The number of hydrogen-bond acceptors (Lipinski definition) is 2. The number of para-hydroxylation sites is 1. The number of aromatic nitrogens is 1. The topological polar surface area (TPSA) is 42.0 Å². The average molecular weight is 305 g/mol. The molecule has 0 bridgehead atoms. The molecule has 112 valence electrons. The number of nitrogens with zero attached hydrogens (tertiary/aromatic N) is 1. The number of carbonyl (C=O) groups excluding carboxylic acids is 1. The smallest absolute Gasteiger partial charge is 0.252 e. The summed E-state index contributed by atoms with van der Waals surface area (Å²) in [6.45, 7) is 5.12. The number of unbranched alkanes of at least 4 members (excludes halogenated alkanes) is 1. The van der Waals surface area contributed by atoms with Crippen LogP contribution >= 0.6 is 11.6 Å². The maximum absolute atomic E-state index is 12.3. The van der Waals surface area contributed by atoms with Gasteiger partial charge in [0.05, 0.1) is 11.1 Å². The molecule has 2 rings (SSSR count). The molecule has 0 fully saturated rings. The first-order valence-electron chi connectivity index (χ1n) is 7.41. The zero-order chi connectivity index (χ0) is 15.2. The molecule has 0 saturated heterocycles. The second-order valence-electron chi connectivity index (χ2n) is 5.66. The van der Waals surface area contributed by atoms with Crippen LogP contribution in [0, 0.1) is 5.92 Å². The van der Waals surface area contributed by atoms with Crippen LogP contribution in [0.1, 0.15) is 43.5 Å². The summed E-state index contributed by atoms with van der Waals surface area (Å²) in [5.41, 5.74) is 1.34. The molecule has 1 aromatic carbocycles. The monoisotopic (exact) mass is 304 g/mol. The number of halogens is 1. The summed E-state index contributed by atoms with van der Waals surface area (Å²) in [7, 11) is 0. The maximum atomic E-state index is 12.3. The second-order valence-corrected chi connectivity index (χ2v) is 6.04. The lowest BCUT2D eigenvalue weighted by atomic mass is 10.1. The van der Waals surface area contributed by atoms with Gasteiger partial charge >= 0.3 is 0 Å². The van der Waals surface area contributed by atoms with Crippen molar-refractivity contribution in [1.82, 2.24) is 10.3 Å². The first-order valence-corrected chi connectivity index (χ1v) is 7.79. The largest absolute Gasteiger partial charge is 0.352 e. The van der Waals surface area contributed by atoms with E-state index in [1.54, 1.807) is 6.07 Å². The summed E-state index contributed by atoms with van der Waals surface area (Å²) in [6, 6.07) is 9.18. The van der Waals surface area contributed by atoms with E-state index >= 15 is 0 Å². The lowest BCUT2D eigenvalue weighted by Crippen LogP contribution is -2.24. The molecule has 0 aliphatic heterocycles. The first kappa shape index (κ1) is 15.8. The minimum atomic E-state index is -0.0833. The molecule has 0 aliphatic carbocycles.